The van der Waals surface area contributed by atoms with Crippen LogP contribution in [-0.4, -0.2) is 51.3 Å². The van der Waals surface area contributed by atoms with Crippen LogP contribution in [0.4, 0.5) is 4.79 Å². The Bertz CT molecular complexity index is 752. The highest BCUT2D eigenvalue weighted by Gasteiger charge is 2.21. The number of nitrogens with zero attached hydrogens (tertiary/aromatic N) is 4. The third-order valence-corrected chi connectivity index (χ3v) is 4.06. The van der Waals surface area contributed by atoms with Gasteiger partial charge in [0.25, 0.3) is 5.56 Å². The molecule has 0 unspecified atom stereocenters. The molecule has 0 radical (unpaired) electrons. The molecule has 0 atom stereocenters. The van der Waals surface area contributed by atoms with E-state index in [0.29, 0.717) is 17.7 Å². The number of aromatic nitrogens is 3. The summed E-state index contributed by atoms with van der Waals surface area (Å²) in [4.78, 5) is 33.4. The van der Waals surface area contributed by atoms with Crippen molar-refractivity contribution in [2.24, 2.45) is 5.73 Å². The van der Waals surface area contributed by atoms with Gasteiger partial charge in [-0.25, -0.2) is 14.8 Å². The predicted molar refractivity (Wildman–Crippen MR) is 83.9 cm³/mol. The van der Waals surface area contributed by atoms with Gasteiger partial charge in [-0.3, -0.25) is 9.36 Å². The Morgan fingerprint density at radius 1 is 1.30 bits per heavy atom. The number of nitrogens with two attached hydrogens (primary N) is 1. The van der Waals surface area contributed by atoms with Crippen molar-refractivity contribution in [2.75, 3.05) is 19.6 Å². The van der Waals surface area contributed by atoms with Gasteiger partial charge in [0.15, 0.2) is 5.65 Å². The average Bonchev–Trinajstić information content (AvgIpc) is 2.55. The summed E-state index contributed by atoms with van der Waals surface area (Å²) in [5.74, 6) is 0. The van der Waals surface area contributed by atoms with Crippen LogP contribution in [-0.2, 0) is 11.3 Å². The number of pyridine rings is 1. The lowest BCUT2D eigenvalue weighted by atomic mass is 10.1. The number of rotatable bonds is 4. The Labute approximate surface area is 132 Å². The zero-order valence-corrected chi connectivity index (χ0v) is 12.7. The van der Waals surface area contributed by atoms with Gasteiger partial charge in [-0.1, -0.05) is 0 Å². The molecule has 0 bridgehead atoms. The van der Waals surface area contributed by atoms with Crippen LogP contribution < -0.4 is 11.3 Å². The summed E-state index contributed by atoms with van der Waals surface area (Å²) in [5, 5.41) is 0. The lowest BCUT2D eigenvalue weighted by molar-refractivity contribution is 0.0553. The first-order chi connectivity index (χ1) is 11.1. The fraction of sp³-hybridized carbons (Fsp3) is 0.467. The Morgan fingerprint density at radius 2 is 2.09 bits per heavy atom. The first-order valence-corrected chi connectivity index (χ1v) is 7.62. The monoisotopic (exact) mass is 317 g/mol. The minimum atomic E-state index is -0.718. The molecular weight excluding hydrogens is 298 g/mol. The van der Waals surface area contributed by atoms with E-state index < -0.39 is 6.09 Å². The maximum absolute atomic E-state index is 12.0. The molecule has 2 aromatic rings. The minimum absolute atomic E-state index is 0.102. The van der Waals surface area contributed by atoms with Gasteiger partial charge in [0, 0.05) is 32.4 Å². The van der Waals surface area contributed by atoms with Crippen LogP contribution in [0.5, 0.6) is 0 Å². The second-order valence-electron chi connectivity index (χ2n) is 5.57. The SMILES string of the molecule is NC(=O)OC1CCN(CCn2c(=O)cnc3cccnc32)CC1. The molecule has 1 fully saturated rings. The summed E-state index contributed by atoms with van der Waals surface area (Å²) in [6, 6.07) is 3.64. The molecule has 0 saturated carbocycles. The number of fused-ring (bicyclic) bond motifs is 1. The summed E-state index contributed by atoms with van der Waals surface area (Å²) >= 11 is 0. The van der Waals surface area contributed by atoms with E-state index in [-0.39, 0.29) is 11.7 Å². The Kier molecular flexibility index (Phi) is 4.52. The van der Waals surface area contributed by atoms with E-state index in [4.69, 9.17) is 10.5 Å². The van der Waals surface area contributed by atoms with Crippen LogP contribution in [0, 0.1) is 0 Å². The van der Waals surface area contributed by atoms with Crippen molar-refractivity contribution in [3.63, 3.8) is 0 Å². The second-order valence-corrected chi connectivity index (χ2v) is 5.57. The van der Waals surface area contributed by atoms with Gasteiger partial charge >= 0.3 is 6.09 Å². The Hall–Kier alpha value is -2.48. The molecule has 2 N–H and O–H groups in total. The maximum atomic E-state index is 12.0. The maximum Gasteiger partial charge on any atom is 0.404 e. The quantitative estimate of drug-likeness (QED) is 0.873. The van der Waals surface area contributed by atoms with Gasteiger partial charge in [0.2, 0.25) is 0 Å². The molecule has 3 rings (SSSR count). The summed E-state index contributed by atoms with van der Waals surface area (Å²) in [5.41, 5.74) is 6.20. The number of carbonyl (C=O) groups is 1. The molecule has 0 spiro atoms. The molecule has 1 aliphatic rings. The zero-order valence-electron chi connectivity index (χ0n) is 12.7. The number of hydrogen-bond acceptors (Lipinski definition) is 6. The highest BCUT2D eigenvalue weighted by molar-refractivity contribution is 5.69. The summed E-state index contributed by atoms with van der Waals surface area (Å²) in [6.45, 7) is 2.90. The number of ether oxygens (including phenoxy) is 1. The molecule has 2 aromatic heterocycles. The van der Waals surface area contributed by atoms with Gasteiger partial charge in [0.05, 0.1) is 6.20 Å². The highest BCUT2D eigenvalue weighted by atomic mass is 16.6. The molecule has 1 aliphatic heterocycles. The van der Waals surface area contributed by atoms with E-state index in [2.05, 4.69) is 14.9 Å². The van der Waals surface area contributed by atoms with Crippen molar-refractivity contribution in [2.45, 2.75) is 25.5 Å². The third-order valence-electron chi connectivity index (χ3n) is 4.06. The Balaban J connectivity index is 1.63. The van der Waals surface area contributed by atoms with Gasteiger partial charge in [-0.15, -0.1) is 0 Å². The summed E-state index contributed by atoms with van der Waals surface area (Å²) in [6.07, 6.45) is 3.68. The number of amides is 1. The van der Waals surface area contributed by atoms with E-state index >= 15 is 0 Å². The topological polar surface area (TPSA) is 103 Å². The number of primary amides is 1. The van der Waals surface area contributed by atoms with Gasteiger partial charge in [-0.05, 0) is 25.0 Å². The molecule has 8 nitrogen and oxygen atoms in total. The average molecular weight is 317 g/mol. The number of carbonyl (C=O) groups excluding carboxylic acids is 1. The van der Waals surface area contributed by atoms with E-state index in [1.54, 1.807) is 16.8 Å². The second kappa shape index (κ2) is 6.74. The Morgan fingerprint density at radius 3 is 2.83 bits per heavy atom. The van der Waals surface area contributed by atoms with Crippen molar-refractivity contribution in [3.05, 3.63) is 34.9 Å². The lowest BCUT2D eigenvalue weighted by Crippen LogP contribution is -2.40. The van der Waals surface area contributed by atoms with Crippen molar-refractivity contribution in [1.82, 2.24) is 19.4 Å². The molecule has 0 aromatic carbocycles. The van der Waals surface area contributed by atoms with Crippen molar-refractivity contribution < 1.29 is 9.53 Å². The van der Waals surface area contributed by atoms with E-state index in [9.17, 15) is 9.59 Å². The molecular formula is C15H19N5O3. The van der Waals surface area contributed by atoms with Crippen LogP contribution in [0.15, 0.2) is 29.3 Å². The fourth-order valence-corrected chi connectivity index (χ4v) is 2.87. The fourth-order valence-electron chi connectivity index (χ4n) is 2.87. The standard InChI is InChI=1S/C15H19N5O3/c16-15(22)23-11-3-6-19(7-4-11)8-9-20-13(21)10-18-12-2-1-5-17-14(12)20/h1-2,5,10-11H,3-4,6-9H2,(H2,16,22). The van der Waals surface area contributed by atoms with Gasteiger partial charge in [-0.2, -0.15) is 0 Å². The molecule has 0 aliphatic carbocycles. The first kappa shape index (κ1) is 15.4. The molecule has 23 heavy (non-hydrogen) atoms. The smallest absolute Gasteiger partial charge is 0.404 e. The predicted octanol–water partition coefficient (Wildman–Crippen LogP) is 0.351. The van der Waals surface area contributed by atoms with Crippen LogP contribution in [0.3, 0.4) is 0 Å². The normalized spacial score (nSPS) is 16.5. The van der Waals surface area contributed by atoms with Gasteiger partial charge < -0.3 is 15.4 Å². The van der Waals surface area contributed by atoms with E-state index in [0.717, 1.165) is 32.5 Å². The number of likely N-dealkylation sites (tertiary alicyclic amines) is 1. The molecule has 8 heteroatoms. The van der Waals surface area contributed by atoms with Crippen LogP contribution >= 0.6 is 0 Å². The highest BCUT2D eigenvalue weighted by Crippen LogP contribution is 2.14. The van der Waals surface area contributed by atoms with E-state index in [1.807, 2.05) is 6.07 Å². The third kappa shape index (κ3) is 3.65. The lowest BCUT2D eigenvalue weighted by Gasteiger charge is -2.31. The van der Waals surface area contributed by atoms with Crippen LogP contribution in [0.2, 0.25) is 0 Å². The van der Waals surface area contributed by atoms with E-state index in [1.165, 1.54) is 6.20 Å². The number of piperidine rings is 1. The number of hydrogen-bond donors (Lipinski definition) is 1. The molecule has 1 saturated heterocycles. The van der Waals surface area contributed by atoms with Crippen LogP contribution in [0.25, 0.3) is 11.2 Å². The summed E-state index contributed by atoms with van der Waals surface area (Å²) in [7, 11) is 0. The molecule has 122 valence electrons. The largest absolute Gasteiger partial charge is 0.446 e. The minimum Gasteiger partial charge on any atom is -0.446 e. The zero-order chi connectivity index (χ0) is 16.2. The van der Waals surface area contributed by atoms with Gasteiger partial charge in [0.1, 0.15) is 11.6 Å². The first-order valence-electron chi connectivity index (χ1n) is 7.62. The van der Waals surface area contributed by atoms with Crippen molar-refractivity contribution >= 4 is 17.3 Å². The molecule has 1 amide bonds. The van der Waals surface area contributed by atoms with Crippen LogP contribution in [0.1, 0.15) is 12.8 Å². The van der Waals surface area contributed by atoms with Crippen molar-refractivity contribution in [3.8, 4) is 0 Å². The molecule has 3 heterocycles. The summed E-state index contributed by atoms with van der Waals surface area (Å²) < 4.78 is 6.66. The van der Waals surface area contributed by atoms with Crippen molar-refractivity contribution in [1.29, 1.82) is 0 Å².